The number of carbonyl (C=O) groups is 1. The molecule has 1 heterocycles. The van der Waals surface area contributed by atoms with Gasteiger partial charge in [-0.05, 0) is 37.2 Å². The van der Waals surface area contributed by atoms with Crippen LogP contribution in [0.4, 0.5) is 0 Å². The van der Waals surface area contributed by atoms with E-state index in [0.29, 0.717) is 13.1 Å². The largest absolute Gasteiger partial charge is 0.497 e. The molecule has 2 aromatic rings. The molecule has 162 valence electrons. The third kappa shape index (κ3) is 6.29. The van der Waals surface area contributed by atoms with Gasteiger partial charge in [-0.1, -0.05) is 42.5 Å². The van der Waals surface area contributed by atoms with Gasteiger partial charge >= 0.3 is 0 Å². The summed E-state index contributed by atoms with van der Waals surface area (Å²) in [7, 11) is 3.62. The van der Waals surface area contributed by atoms with Crippen LogP contribution in [0.5, 0.6) is 5.75 Å². The zero-order chi connectivity index (χ0) is 21.3. The Kier molecular flexibility index (Phi) is 8.25. The average molecular weight is 412 g/mol. The summed E-state index contributed by atoms with van der Waals surface area (Å²) in [5, 5.41) is 3.23. The lowest BCUT2D eigenvalue weighted by atomic mass is 9.98. The molecule has 6 nitrogen and oxygen atoms in total. The summed E-state index contributed by atoms with van der Waals surface area (Å²) < 4.78 is 10.7. The number of amides is 1. The molecule has 30 heavy (non-hydrogen) atoms. The van der Waals surface area contributed by atoms with Crippen molar-refractivity contribution < 1.29 is 14.3 Å². The maximum atomic E-state index is 12.8. The Morgan fingerprint density at radius 3 is 2.43 bits per heavy atom. The van der Waals surface area contributed by atoms with Gasteiger partial charge in [-0.15, -0.1) is 0 Å². The highest BCUT2D eigenvalue weighted by Crippen LogP contribution is 2.25. The Balaban J connectivity index is 1.58. The number of carbonyl (C=O) groups excluding carboxylic acids is 1. The molecule has 0 bridgehead atoms. The van der Waals surface area contributed by atoms with Crippen molar-refractivity contribution in [2.75, 3.05) is 47.0 Å². The van der Waals surface area contributed by atoms with Crippen molar-refractivity contribution in [3.05, 3.63) is 65.7 Å². The smallest absolute Gasteiger partial charge is 0.234 e. The van der Waals surface area contributed by atoms with E-state index >= 15 is 0 Å². The fourth-order valence-electron chi connectivity index (χ4n) is 4.04. The van der Waals surface area contributed by atoms with Gasteiger partial charge in [-0.3, -0.25) is 14.6 Å². The van der Waals surface area contributed by atoms with Crippen LogP contribution in [0, 0.1) is 0 Å². The number of methoxy groups -OCH3 is 1. The zero-order valence-corrected chi connectivity index (χ0v) is 18.2. The van der Waals surface area contributed by atoms with Crippen LogP contribution in [-0.4, -0.2) is 68.8 Å². The maximum Gasteiger partial charge on any atom is 0.234 e. The summed E-state index contributed by atoms with van der Waals surface area (Å²) in [6, 6.07) is 18.5. The SMILES string of the molecule is COc1ccc(CN(C)CC(=O)N[C@H](C)[C@@H](c2ccccc2)N2CCOCC2)cc1. The Morgan fingerprint density at radius 1 is 1.13 bits per heavy atom. The first kappa shape index (κ1) is 22.3. The van der Waals surface area contributed by atoms with Crippen LogP contribution >= 0.6 is 0 Å². The monoisotopic (exact) mass is 411 g/mol. The van der Waals surface area contributed by atoms with Crippen molar-refractivity contribution in [3.63, 3.8) is 0 Å². The van der Waals surface area contributed by atoms with Crippen LogP contribution in [0.25, 0.3) is 0 Å². The molecule has 0 aromatic heterocycles. The molecule has 0 saturated carbocycles. The summed E-state index contributed by atoms with van der Waals surface area (Å²) in [4.78, 5) is 17.2. The van der Waals surface area contributed by atoms with Gasteiger partial charge in [0.05, 0.1) is 32.9 Å². The normalized spacial score (nSPS) is 16.8. The summed E-state index contributed by atoms with van der Waals surface area (Å²) in [6.07, 6.45) is 0. The highest BCUT2D eigenvalue weighted by molar-refractivity contribution is 5.78. The second-order valence-corrected chi connectivity index (χ2v) is 7.88. The number of benzene rings is 2. The van der Waals surface area contributed by atoms with Crippen molar-refractivity contribution in [1.82, 2.24) is 15.1 Å². The fourth-order valence-corrected chi connectivity index (χ4v) is 4.04. The summed E-state index contributed by atoms with van der Waals surface area (Å²) in [5.41, 5.74) is 2.37. The van der Waals surface area contributed by atoms with Crippen LogP contribution in [-0.2, 0) is 16.1 Å². The molecular formula is C24H33N3O3. The maximum absolute atomic E-state index is 12.8. The van der Waals surface area contributed by atoms with Gasteiger partial charge in [0.25, 0.3) is 0 Å². The molecule has 0 radical (unpaired) electrons. The van der Waals surface area contributed by atoms with E-state index in [0.717, 1.165) is 37.6 Å². The van der Waals surface area contributed by atoms with Gasteiger partial charge < -0.3 is 14.8 Å². The third-order valence-electron chi connectivity index (χ3n) is 5.47. The fraction of sp³-hybridized carbons (Fsp3) is 0.458. The minimum atomic E-state index is -0.00705. The minimum absolute atomic E-state index is 0.00705. The second-order valence-electron chi connectivity index (χ2n) is 7.88. The predicted octanol–water partition coefficient (Wildman–Crippen LogP) is 2.71. The molecule has 6 heteroatoms. The Morgan fingerprint density at radius 2 is 1.80 bits per heavy atom. The Bertz CT molecular complexity index is 776. The number of ether oxygens (including phenoxy) is 2. The van der Waals surface area contributed by atoms with Crippen LogP contribution in [0.2, 0.25) is 0 Å². The zero-order valence-electron chi connectivity index (χ0n) is 18.2. The summed E-state index contributed by atoms with van der Waals surface area (Å²) in [6.45, 7) is 6.35. The topological polar surface area (TPSA) is 54.0 Å². The van der Waals surface area contributed by atoms with E-state index in [1.807, 2.05) is 42.3 Å². The van der Waals surface area contributed by atoms with Crippen molar-refractivity contribution in [2.45, 2.75) is 25.6 Å². The van der Waals surface area contributed by atoms with Crippen LogP contribution in [0.1, 0.15) is 24.1 Å². The number of likely N-dealkylation sites (N-methyl/N-ethyl adjacent to an activating group) is 1. The highest BCUT2D eigenvalue weighted by Gasteiger charge is 2.28. The first-order valence-electron chi connectivity index (χ1n) is 10.5. The number of nitrogens with zero attached hydrogens (tertiary/aromatic N) is 2. The molecule has 1 N–H and O–H groups in total. The molecule has 1 aliphatic heterocycles. The summed E-state index contributed by atoms with van der Waals surface area (Å²) in [5.74, 6) is 0.871. The minimum Gasteiger partial charge on any atom is -0.497 e. The van der Waals surface area contributed by atoms with Crippen LogP contribution in [0.3, 0.4) is 0 Å². The number of morpholine rings is 1. The Labute approximate surface area is 179 Å². The van der Waals surface area contributed by atoms with Gasteiger partial charge in [0.2, 0.25) is 5.91 Å². The van der Waals surface area contributed by atoms with Gasteiger partial charge in [0.15, 0.2) is 0 Å². The summed E-state index contributed by atoms with van der Waals surface area (Å²) >= 11 is 0. The molecule has 0 unspecified atom stereocenters. The van der Waals surface area contributed by atoms with E-state index < -0.39 is 0 Å². The van der Waals surface area contributed by atoms with E-state index in [9.17, 15) is 4.79 Å². The van der Waals surface area contributed by atoms with Gasteiger partial charge in [-0.25, -0.2) is 0 Å². The molecule has 1 saturated heterocycles. The van der Waals surface area contributed by atoms with E-state index in [4.69, 9.17) is 9.47 Å². The van der Waals surface area contributed by atoms with Crippen LogP contribution in [0.15, 0.2) is 54.6 Å². The molecule has 2 aromatic carbocycles. The lowest BCUT2D eigenvalue weighted by Gasteiger charge is -2.38. The van der Waals surface area contributed by atoms with E-state index in [2.05, 4.69) is 41.4 Å². The molecule has 1 aliphatic rings. The van der Waals surface area contributed by atoms with Gasteiger partial charge in [0, 0.05) is 25.7 Å². The number of nitrogens with one attached hydrogen (secondary N) is 1. The molecule has 1 amide bonds. The van der Waals surface area contributed by atoms with Crippen molar-refractivity contribution >= 4 is 5.91 Å². The first-order chi connectivity index (χ1) is 14.6. The van der Waals surface area contributed by atoms with Crippen molar-refractivity contribution in [1.29, 1.82) is 0 Å². The molecule has 0 aliphatic carbocycles. The molecule has 0 spiro atoms. The molecular weight excluding hydrogens is 378 g/mol. The third-order valence-corrected chi connectivity index (χ3v) is 5.47. The number of rotatable bonds is 9. The van der Waals surface area contributed by atoms with Crippen LogP contribution < -0.4 is 10.1 Å². The number of hydrogen-bond donors (Lipinski definition) is 1. The predicted molar refractivity (Wildman–Crippen MR) is 119 cm³/mol. The first-order valence-corrected chi connectivity index (χ1v) is 10.5. The standard InChI is InChI=1S/C24H33N3O3/c1-19(24(21-7-5-4-6-8-21)27-13-15-30-16-14-27)25-23(28)18-26(2)17-20-9-11-22(29-3)12-10-20/h4-12,19,24H,13-18H2,1-3H3,(H,25,28)/t19-,24+/m1/s1. The lowest BCUT2D eigenvalue weighted by Crippen LogP contribution is -2.49. The molecule has 2 atom stereocenters. The van der Waals surface area contributed by atoms with Gasteiger partial charge in [-0.2, -0.15) is 0 Å². The molecule has 1 fully saturated rings. The lowest BCUT2D eigenvalue weighted by molar-refractivity contribution is -0.123. The van der Waals surface area contributed by atoms with E-state index in [1.54, 1.807) is 7.11 Å². The van der Waals surface area contributed by atoms with Crippen molar-refractivity contribution in [2.24, 2.45) is 0 Å². The quantitative estimate of drug-likeness (QED) is 0.688. The Hall–Kier alpha value is -2.41. The van der Waals surface area contributed by atoms with Gasteiger partial charge in [0.1, 0.15) is 5.75 Å². The number of hydrogen-bond acceptors (Lipinski definition) is 5. The van der Waals surface area contributed by atoms with E-state index in [-0.39, 0.29) is 18.0 Å². The van der Waals surface area contributed by atoms with Crippen molar-refractivity contribution in [3.8, 4) is 5.75 Å². The average Bonchev–Trinajstić information content (AvgIpc) is 2.75. The second kappa shape index (κ2) is 11.1. The van der Waals surface area contributed by atoms with E-state index in [1.165, 1.54) is 5.56 Å². The molecule has 3 rings (SSSR count). The highest BCUT2D eigenvalue weighted by atomic mass is 16.5.